The fourth-order valence-corrected chi connectivity index (χ4v) is 21.6. The quantitative estimate of drug-likeness (QED) is 0.274. The summed E-state index contributed by atoms with van der Waals surface area (Å²) in [6.45, 7) is 26.4. The van der Waals surface area contributed by atoms with Gasteiger partial charge in [-0.2, -0.15) is 0 Å². The normalized spacial score (nSPS) is 11.5. The van der Waals surface area contributed by atoms with Crippen LogP contribution < -0.4 is 0 Å². The van der Waals surface area contributed by atoms with Crippen molar-refractivity contribution in [3.63, 3.8) is 0 Å². The topological polar surface area (TPSA) is 18.5 Å². The first-order chi connectivity index (χ1) is 9.22. The highest BCUT2D eigenvalue weighted by atomic mass is 28.5. The first kappa shape index (κ1) is 45.3. The summed E-state index contributed by atoms with van der Waals surface area (Å²) in [5.74, 6) is 0. The van der Waals surface area contributed by atoms with Crippen LogP contribution in [0.5, 0.6) is 0 Å². The molecule has 0 saturated heterocycles. The largest absolute Gasteiger partial charge is 0.458 e. The summed E-state index contributed by atoms with van der Waals surface area (Å²) in [5, 5.41) is 0. The van der Waals surface area contributed by atoms with E-state index in [0.29, 0.717) is 0 Å². The van der Waals surface area contributed by atoms with Crippen LogP contribution in [0.4, 0.5) is 0 Å². The SMILES string of the molecule is C.C.C.C.C.C=CCCC.C[Si@@H](C[Si](C)(C)O[Si](C)(C)C)O[Si](C)(C)C. The van der Waals surface area contributed by atoms with Gasteiger partial charge >= 0.3 is 0 Å². The van der Waals surface area contributed by atoms with Gasteiger partial charge in [-0.05, 0) is 71.0 Å². The lowest BCUT2D eigenvalue weighted by Crippen LogP contribution is -2.46. The van der Waals surface area contributed by atoms with Gasteiger partial charge in [0.05, 0.1) is 0 Å². The number of hydrogen-bond donors (Lipinski definition) is 0. The van der Waals surface area contributed by atoms with Crippen molar-refractivity contribution in [2.75, 3.05) is 0 Å². The van der Waals surface area contributed by atoms with Crippen molar-refractivity contribution >= 4 is 34.0 Å². The van der Waals surface area contributed by atoms with Gasteiger partial charge in [-0.3, -0.25) is 0 Å². The van der Waals surface area contributed by atoms with Crippen molar-refractivity contribution in [2.24, 2.45) is 0 Å². The zero-order chi connectivity index (χ0) is 17.3. The number of hydrogen-bond acceptors (Lipinski definition) is 2. The molecule has 0 aliphatic heterocycles. The lowest BCUT2D eigenvalue weighted by atomic mass is 10.3. The molecule has 0 saturated carbocycles. The van der Waals surface area contributed by atoms with Crippen molar-refractivity contribution in [3.8, 4) is 0 Å². The van der Waals surface area contributed by atoms with Crippen LogP contribution in [0.2, 0.25) is 64.6 Å². The highest BCUT2D eigenvalue weighted by Crippen LogP contribution is 2.21. The highest BCUT2D eigenvalue weighted by molar-refractivity contribution is 6.91. The van der Waals surface area contributed by atoms with Crippen molar-refractivity contribution in [1.82, 2.24) is 0 Å². The molecule has 0 rings (SSSR count). The van der Waals surface area contributed by atoms with Crippen LogP contribution >= 0.6 is 0 Å². The third-order valence-electron chi connectivity index (χ3n) is 2.41. The van der Waals surface area contributed by atoms with E-state index < -0.39 is 34.0 Å². The van der Waals surface area contributed by atoms with E-state index in [1.165, 1.54) is 12.1 Å². The molecular weight excluding hydrogens is 385 g/mol. The summed E-state index contributed by atoms with van der Waals surface area (Å²) in [4.78, 5) is 0. The summed E-state index contributed by atoms with van der Waals surface area (Å²) < 4.78 is 12.6. The molecule has 0 aliphatic carbocycles. The van der Waals surface area contributed by atoms with Crippen LogP contribution in [0, 0.1) is 0 Å². The van der Waals surface area contributed by atoms with Gasteiger partial charge in [-0.25, -0.2) is 0 Å². The van der Waals surface area contributed by atoms with E-state index in [0.717, 1.165) is 6.42 Å². The van der Waals surface area contributed by atoms with Gasteiger partial charge in [0.1, 0.15) is 0 Å². The number of rotatable bonds is 8. The van der Waals surface area contributed by atoms with Gasteiger partial charge in [-0.15, -0.1) is 6.58 Å². The van der Waals surface area contributed by atoms with Gasteiger partial charge in [0.15, 0.2) is 34.0 Å². The van der Waals surface area contributed by atoms with Crippen LogP contribution in [-0.4, -0.2) is 34.0 Å². The van der Waals surface area contributed by atoms with Crippen LogP contribution in [0.3, 0.4) is 0 Å². The minimum atomic E-state index is -1.48. The zero-order valence-electron chi connectivity index (χ0n) is 16.3. The van der Waals surface area contributed by atoms with Crippen LogP contribution in [-0.2, 0) is 8.23 Å². The fraction of sp³-hybridized carbons (Fsp3) is 0.900. The summed E-state index contributed by atoms with van der Waals surface area (Å²) in [7, 11) is -5.22. The zero-order valence-corrected chi connectivity index (χ0v) is 20.5. The molecule has 0 aromatic rings. The summed E-state index contributed by atoms with van der Waals surface area (Å²) >= 11 is 0. The summed E-state index contributed by atoms with van der Waals surface area (Å²) in [5.41, 5.74) is 1.25. The molecule has 0 spiro atoms. The third-order valence-corrected chi connectivity index (χ3v) is 17.7. The summed E-state index contributed by atoms with van der Waals surface area (Å²) in [6.07, 6.45) is 4.31. The Morgan fingerprint density at radius 1 is 0.808 bits per heavy atom. The molecular formula is C20H60O2Si4. The Kier molecular flexibility index (Phi) is 35.3. The Hall–Kier alpha value is 0.528. The molecule has 0 aromatic heterocycles. The van der Waals surface area contributed by atoms with E-state index in [1.54, 1.807) is 0 Å². The maximum atomic E-state index is 6.36. The minimum Gasteiger partial charge on any atom is -0.458 e. The Labute approximate surface area is 176 Å². The molecule has 0 radical (unpaired) electrons. The highest BCUT2D eigenvalue weighted by Gasteiger charge is 2.33. The van der Waals surface area contributed by atoms with E-state index >= 15 is 0 Å². The van der Waals surface area contributed by atoms with Crippen LogP contribution in [0.1, 0.15) is 56.9 Å². The van der Waals surface area contributed by atoms with E-state index in [2.05, 4.69) is 72.4 Å². The van der Waals surface area contributed by atoms with Gasteiger partial charge in [0, 0.05) is 0 Å². The Balaban J connectivity index is -0.0000000642. The molecule has 0 aromatic carbocycles. The van der Waals surface area contributed by atoms with Crippen molar-refractivity contribution < 1.29 is 8.23 Å². The lowest BCUT2D eigenvalue weighted by Gasteiger charge is -2.34. The maximum absolute atomic E-state index is 6.36. The second kappa shape index (κ2) is 20.3. The first-order valence-electron chi connectivity index (χ1n) is 8.21. The molecule has 0 heterocycles. The van der Waals surface area contributed by atoms with Crippen LogP contribution in [0.15, 0.2) is 12.7 Å². The van der Waals surface area contributed by atoms with Crippen molar-refractivity contribution in [2.45, 2.75) is 121 Å². The number of allylic oxidation sites excluding steroid dienone is 1. The smallest absolute Gasteiger partial charge is 0.172 e. The lowest BCUT2D eigenvalue weighted by molar-refractivity contribution is 0.542. The van der Waals surface area contributed by atoms with E-state index in [1.807, 2.05) is 6.08 Å². The first-order valence-corrected chi connectivity index (χ1v) is 20.6. The molecule has 0 amide bonds. The van der Waals surface area contributed by atoms with Gasteiger partial charge in [-0.1, -0.05) is 56.6 Å². The van der Waals surface area contributed by atoms with E-state index in [4.69, 9.17) is 8.23 Å². The standard InChI is InChI=1S/C10H30O2Si4.C5H10.5CH4/c1-13(11-14(2,3)4)10-16(8,9)12-15(5,6)7;1-3-5-4-2;;;;;/h13H,10H2,1-9H3;3H,1,4-5H2,2H3;5*1H4/t13-;;;;;;/m0....../s1. The molecule has 168 valence electrons. The van der Waals surface area contributed by atoms with Gasteiger partial charge in [0.2, 0.25) is 0 Å². The molecule has 2 nitrogen and oxygen atoms in total. The summed E-state index contributed by atoms with van der Waals surface area (Å²) in [6, 6.07) is 0. The predicted molar refractivity (Wildman–Crippen MR) is 143 cm³/mol. The van der Waals surface area contributed by atoms with E-state index in [9.17, 15) is 0 Å². The Morgan fingerprint density at radius 3 is 1.38 bits per heavy atom. The second-order valence-corrected chi connectivity index (χ2v) is 25.3. The molecule has 26 heavy (non-hydrogen) atoms. The molecule has 1 atom stereocenters. The molecule has 0 unspecified atom stereocenters. The molecule has 6 heteroatoms. The van der Waals surface area contributed by atoms with Crippen LogP contribution in [0.25, 0.3) is 0 Å². The molecule has 0 bridgehead atoms. The van der Waals surface area contributed by atoms with Crippen molar-refractivity contribution in [1.29, 1.82) is 0 Å². The third kappa shape index (κ3) is 39.6. The predicted octanol–water partition coefficient (Wildman–Crippen LogP) is 8.94. The monoisotopic (exact) mass is 444 g/mol. The Bertz CT molecular complexity index is 283. The average molecular weight is 445 g/mol. The maximum Gasteiger partial charge on any atom is 0.172 e. The minimum absolute atomic E-state index is 0. The fourth-order valence-electron chi connectivity index (χ4n) is 2.41. The van der Waals surface area contributed by atoms with E-state index in [-0.39, 0.29) is 37.1 Å². The van der Waals surface area contributed by atoms with Crippen molar-refractivity contribution in [3.05, 3.63) is 12.7 Å². The molecule has 0 aliphatic rings. The van der Waals surface area contributed by atoms with Gasteiger partial charge in [0.25, 0.3) is 0 Å². The number of unbranched alkanes of at least 4 members (excludes halogenated alkanes) is 1. The Morgan fingerprint density at radius 2 is 1.19 bits per heavy atom. The van der Waals surface area contributed by atoms with Gasteiger partial charge < -0.3 is 8.23 Å². The average Bonchev–Trinajstić information content (AvgIpc) is 2.10. The molecule has 0 N–H and O–H groups in total. The molecule has 0 fully saturated rings. The second-order valence-electron chi connectivity index (χ2n) is 8.30.